The third-order valence-electron chi connectivity index (χ3n) is 3.85. The molecule has 3 rings (SSSR count). The molecule has 140 valence electrons. The fourth-order valence-corrected chi connectivity index (χ4v) is 2.36. The number of carboxylic acid groups (broad SMARTS) is 1. The lowest BCUT2D eigenvalue weighted by Gasteiger charge is -2.12. The Bertz CT molecular complexity index is 802. The topological polar surface area (TPSA) is 108 Å². The molecular weight excluding hydrogens is 350 g/mol. The van der Waals surface area contributed by atoms with Crippen LogP contribution in [0.5, 0.6) is 11.5 Å². The number of alkyl halides is 2. The van der Waals surface area contributed by atoms with Crippen LogP contribution in [0.1, 0.15) is 42.1 Å². The summed E-state index contributed by atoms with van der Waals surface area (Å²) in [6.07, 6.45) is 2.06. The molecule has 2 aromatic rings. The number of ether oxygens (including phenoxy) is 2. The molecular formula is C17H18F2N2O5. The Balaban J connectivity index is 1.95. The maximum Gasteiger partial charge on any atom is 0.387 e. The molecule has 3 N–H and O–H groups in total. The molecule has 1 aliphatic rings. The molecule has 1 aromatic carbocycles. The van der Waals surface area contributed by atoms with Gasteiger partial charge in [0, 0.05) is 5.56 Å². The van der Waals surface area contributed by atoms with E-state index in [1.807, 2.05) is 0 Å². The van der Waals surface area contributed by atoms with Gasteiger partial charge in [0.25, 0.3) is 0 Å². The van der Waals surface area contributed by atoms with Crippen molar-refractivity contribution in [1.29, 1.82) is 0 Å². The van der Waals surface area contributed by atoms with Gasteiger partial charge < -0.3 is 24.7 Å². The summed E-state index contributed by atoms with van der Waals surface area (Å²) >= 11 is 0. The lowest BCUT2D eigenvalue weighted by molar-refractivity contribution is -0.0515. The minimum absolute atomic E-state index is 0.00886. The van der Waals surface area contributed by atoms with Gasteiger partial charge in [0.05, 0.1) is 12.6 Å². The van der Waals surface area contributed by atoms with Crippen molar-refractivity contribution >= 4 is 5.97 Å². The number of carbonyl (C=O) groups is 1. The molecule has 0 radical (unpaired) electrons. The van der Waals surface area contributed by atoms with Gasteiger partial charge in [-0.15, -0.1) is 0 Å². The molecule has 0 aliphatic heterocycles. The summed E-state index contributed by atoms with van der Waals surface area (Å²) in [6.45, 7) is -1.03. The highest BCUT2D eigenvalue weighted by Crippen LogP contribution is 2.37. The summed E-state index contributed by atoms with van der Waals surface area (Å²) in [6, 6.07) is 3.50. The van der Waals surface area contributed by atoms with E-state index in [2.05, 4.69) is 9.72 Å². The van der Waals surface area contributed by atoms with Gasteiger partial charge in [-0.05, 0) is 43.9 Å². The fraction of sp³-hybridized carbons (Fsp3) is 0.412. The van der Waals surface area contributed by atoms with E-state index in [1.165, 1.54) is 18.2 Å². The summed E-state index contributed by atoms with van der Waals surface area (Å²) in [5.74, 6) is -0.817. The lowest BCUT2D eigenvalue weighted by Crippen LogP contribution is -2.10. The predicted octanol–water partition coefficient (Wildman–Crippen LogP) is 3.45. The number of benzene rings is 1. The monoisotopic (exact) mass is 368 g/mol. The maximum absolute atomic E-state index is 12.6. The minimum Gasteiger partial charge on any atom is -0.489 e. The third kappa shape index (κ3) is 4.10. The molecule has 1 heterocycles. The van der Waals surface area contributed by atoms with E-state index >= 15 is 0 Å². The van der Waals surface area contributed by atoms with Crippen LogP contribution in [-0.2, 0) is 0 Å². The highest BCUT2D eigenvalue weighted by Gasteiger charge is 2.25. The van der Waals surface area contributed by atoms with Gasteiger partial charge in [0.15, 0.2) is 23.0 Å². The highest BCUT2D eigenvalue weighted by atomic mass is 19.3. The molecule has 1 fully saturated rings. The number of aromatic nitrogens is 1. The molecule has 1 atom stereocenters. The molecule has 26 heavy (non-hydrogen) atoms. The number of nitrogens with zero attached hydrogens (tertiary/aromatic N) is 1. The molecule has 0 unspecified atom stereocenters. The summed E-state index contributed by atoms with van der Waals surface area (Å²) in [5, 5.41) is 9.22. The molecule has 0 spiro atoms. The average molecular weight is 368 g/mol. The number of hydrogen-bond acceptors (Lipinski definition) is 6. The van der Waals surface area contributed by atoms with Gasteiger partial charge in [-0.25, -0.2) is 9.78 Å². The van der Waals surface area contributed by atoms with Crippen LogP contribution in [0, 0.1) is 5.92 Å². The van der Waals surface area contributed by atoms with Crippen LogP contribution >= 0.6 is 0 Å². The zero-order chi connectivity index (χ0) is 18.8. The Hall–Kier alpha value is -2.68. The van der Waals surface area contributed by atoms with Gasteiger partial charge in [-0.1, -0.05) is 0 Å². The molecule has 1 aromatic heterocycles. The molecule has 1 saturated carbocycles. The average Bonchev–Trinajstić information content (AvgIpc) is 3.28. The van der Waals surface area contributed by atoms with Crippen molar-refractivity contribution < 1.29 is 32.6 Å². The quantitative estimate of drug-likeness (QED) is 0.735. The zero-order valence-corrected chi connectivity index (χ0v) is 13.9. The highest BCUT2D eigenvalue weighted by molar-refractivity contribution is 5.87. The SMILES string of the molecule is C[C@H](N)c1oc(-c2ccc(OC(F)F)c(OCC3CC3)c2)nc1C(=O)O. The van der Waals surface area contributed by atoms with Crippen molar-refractivity contribution in [3.8, 4) is 23.0 Å². The van der Waals surface area contributed by atoms with Crippen LogP contribution in [0.25, 0.3) is 11.5 Å². The number of halogens is 2. The predicted molar refractivity (Wildman–Crippen MR) is 86.4 cm³/mol. The van der Waals surface area contributed by atoms with Crippen LogP contribution in [-0.4, -0.2) is 29.3 Å². The normalized spacial score (nSPS) is 15.1. The van der Waals surface area contributed by atoms with E-state index in [1.54, 1.807) is 6.92 Å². The molecule has 0 amide bonds. The van der Waals surface area contributed by atoms with E-state index in [0.29, 0.717) is 18.1 Å². The van der Waals surface area contributed by atoms with Crippen LogP contribution in [0.4, 0.5) is 8.78 Å². The summed E-state index contributed by atoms with van der Waals surface area (Å²) < 4.78 is 40.7. The van der Waals surface area contributed by atoms with Crippen molar-refractivity contribution in [1.82, 2.24) is 4.98 Å². The summed E-state index contributed by atoms with van der Waals surface area (Å²) in [5.41, 5.74) is 5.79. The Morgan fingerprint density at radius 2 is 2.15 bits per heavy atom. The molecule has 0 bridgehead atoms. The van der Waals surface area contributed by atoms with E-state index in [9.17, 15) is 18.7 Å². The Kier molecular flexibility index (Phi) is 5.08. The zero-order valence-electron chi connectivity index (χ0n) is 13.9. The van der Waals surface area contributed by atoms with Gasteiger partial charge in [0.2, 0.25) is 5.89 Å². The number of nitrogens with two attached hydrogens (primary N) is 1. The lowest BCUT2D eigenvalue weighted by atomic mass is 10.2. The Morgan fingerprint density at radius 1 is 1.42 bits per heavy atom. The maximum atomic E-state index is 12.6. The van der Waals surface area contributed by atoms with Crippen LogP contribution in [0.3, 0.4) is 0 Å². The van der Waals surface area contributed by atoms with Crippen molar-refractivity contribution in [3.63, 3.8) is 0 Å². The number of carboxylic acids is 1. The Morgan fingerprint density at radius 3 is 2.69 bits per heavy atom. The van der Waals surface area contributed by atoms with Crippen LogP contribution in [0.15, 0.2) is 22.6 Å². The van der Waals surface area contributed by atoms with Gasteiger partial charge in [-0.3, -0.25) is 0 Å². The first-order valence-corrected chi connectivity index (χ1v) is 8.06. The number of oxazole rings is 1. The van der Waals surface area contributed by atoms with Gasteiger partial charge >= 0.3 is 12.6 Å². The molecule has 7 nitrogen and oxygen atoms in total. The Labute approximate surface area is 147 Å². The van der Waals surface area contributed by atoms with E-state index in [4.69, 9.17) is 14.9 Å². The first-order valence-electron chi connectivity index (χ1n) is 8.06. The van der Waals surface area contributed by atoms with Crippen molar-refractivity contribution in [2.45, 2.75) is 32.4 Å². The third-order valence-corrected chi connectivity index (χ3v) is 3.85. The van der Waals surface area contributed by atoms with Crippen molar-refractivity contribution in [2.24, 2.45) is 11.7 Å². The molecule has 9 heteroatoms. The van der Waals surface area contributed by atoms with Crippen LogP contribution in [0.2, 0.25) is 0 Å². The second-order valence-corrected chi connectivity index (χ2v) is 6.12. The largest absolute Gasteiger partial charge is 0.489 e. The second-order valence-electron chi connectivity index (χ2n) is 6.12. The molecule has 1 aliphatic carbocycles. The number of aromatic carboxylic acids is 1. The summed E-state index contributed by atoms with van der Waals surface area (Å²) in [7, 11) is 0. The fourth-order valence-electron chi connectivity index (χ4n) is 2.36. The first kappa shape index (κ1) is 18.1. The van der Waals surface area contributed by atoms with Gasteiger partial charge in [-0.2, -0.15) is 8.78 Å². The van der Waals surface area contributed by atoms with E-state index in [-0.39, 0.29) is 28.8 Å². The van der Waals surface area contributed by atoms with E-state index < -0.39 is 18.6 Å². The van der Waals surface area contributed by atoms with E-state index in [0.717, 1.165) is 12.8 Å². The second kappa shape index (κ2) is 7.28. The summed E-state index contributed by atoms with van der Waals surface area (Å²) in [4.78, 5) is 15.2. The standard InChI is InChI=1S/C17H18F2N2O5/c1-8(20)14-13(16(22)23)21-15(26-14)10-4-5-11(25-17(18)19)12(6-10)24-7-9-2-3-9/h4-6,8-9,17H,2-3,7,20H2,1H3,(H,22,23)/t8-/m0/s1. The minimum atomic E-state index is -2.99. The van der Waals surface area contributed by atoms with Crippen molar-refractivity contribution in [3.05, 3.63) is 29.7 Å². The smallest absolute Gasteiger partial charge is 0.387 e. The van der Waals surface area contributed by atoms with Crippen molar-refractivity contribution in [2.75, 3.05) is 6.61 Å². The van der Waals surface area contributed by atoms with Crippen LogP contribution < -0.4 is 15.2 Å². The first-order chi connectivity index (χ1) is 12.3. The number of rotatable bonds is 8. The molecule has 0 saturated heterocycles. The number of hydrogen-bond donors (Lipinski definition) is 2. The van der Waals surface area contributed by atoms with Gasteiger partial charge in [0.1, 0.15) is 0 Å².